The van der Waals surface area contributed by atoms with E-state index in [1.54, 1.807) is 13.2 Å². The van der Waals surface area contributed by atoms with Gasteiger partial charge in [0.2, 0.25) is 0 Å². The van der Waals surface area contributed by atoms with Gasteiger partial charge in [0.15, 0.2) is 0 Å². The lowest BCUT2D eigenvalue weighted by Gasteiger charge is -2.29. The molecule has 4 N–H and O–H groups in total. The van der Waals surface area contributed by atoms with Gasteiger partial charge < -0.3 is 20.5 Å². The van der Waals surface area contributed by atoms with Gasteiger partial charge in [-0.05, 0) is 51.0 Å². The van der Waals surface area contributed by atoms with Crippen molar-refractivity contribution in [2.75, 3.05) is 25.5 Å². The third kappa shape index (κ3) is 6.81. The van der Waals surface area contributed by atoms with E-state index < -0.39 is 0 Å². The van der Waals surface area contributed by atoms with Crippen molar-refractivity contribution in [3.8, 4) is 11.5 Å². The minimum absolute atomic E-state index is 0.00856. The number of methoxy groups -OCH3 is 1. The van der Waals surface area contributed by atoms with Crippen molar-refractivity contribution >= 4 is 17.5 Å². The van der Waals surface area contributed by atoms with Crippen LogP contribution >= 0.6 is 0 Å². The summed E-state index contributed by atoms with van der Waals surface area (Å²) in [4.78, 5) is 0. The highest BCUT2D eigenvalue weighted by atomic mass is 16.5. The monoisotopic (exact) mass is 413 g/mol. The van der Waals surface area contributed by atoms with E-state index in [-0.39, 0.29) is 5.41 Å². The number of ether oxygens (including phenoxy) is 1. The highest BCUT2D eigenvalue weighted by Gasteiger charge is 2.28. The Morgan fingerprint density at radius 2 is 1.83 bits per heavy atom. The fourth-order valence-corrected chi connectivity index (χ4v) is 3.47. The smallest absolute Gasteiger partial charge is 0.133 e. The molecule has 2 rings (SSSR count). The number of phenolic OH excluding ortho intramolecular Hbond substituents is 1. The van der Waals surface area contributed by atoms with Crippen LogP contribution in [0.15, 0.2) is 42.5 Å². The lowest BCUT2D eigenvalue weighted by molar-refractivity contribution is -0.568. The average molecular weight is 414 g/mol. The molecule has 2 aromatic carbocycles. The highest BCUT2D eigenvalue weighted by Crippen LogP contribution is 2.37. The molecular formula is C26H41N2O2+. The number of nitrogens with two attached hydrogens (primary N) is 1. The SMILES string of the molecule is CC.CCNc1ccc(/C=C/CC(C)(CC)c2cc(OC)ccc2[NH2+]CC)c(O)c1. The fraction of sp³-hybridized carbons (Fsp3) is 0.462. The molecule has 30 heavy (non-hydrogen) atoms. The summed E-state index contributed by atoms with van der Waals surface area (Å²) in [5.41, 5.74) is 4.36. The Labute approximate surface area is 183 Å². The number of aromatic hydroxyl groups is 1. The summed E-state index contributed by atoms with van der Waals surface area (Å²) in [6.07, 6.45) is 6.08. The molecule has 0 heterocycles. The maximum absolute atomic E-state index is 10.3. The first kappa shape index (κ1) is 25.6. The quantitative estimate of drug-likeness (QED) is 0.429. The molecule has 1 unspecified atom stereocenters. The number of allylic oxidation sites excluding steroid dienone is 1. The summed E-state index contributed by atoms with van der Waals surface area (Å²) < 4.78 is 5.48. The highest BCUT2D eigenvalue weighted by molar-refractivity contribution is 5.62. The van der Waals surface area contributed by atoms with Crippen molar-refractivity contribution in [2.24, 2.45) is 0 Å². The lowest BCUT2D eigenvalue weighted by atomic mass is 9.76. The summed E-state index contributed by atoms with van der Waals surface area (Å²) in [6.45, 7) is 14.6. The van der Waals surface area contributed by atoms with Crippen LogP contribution in [-0.2, 0) is 5.41 Å². The number of quaternary nitrogens is 1. The normalized spacial score (nSPS) is 12.8. The summed E-state index contributed by atoms with van der Waals surface area (Å²) in [6, 6.07) is 12.1. The van der Waals surface area contributed by atoms with Crippen LogP contribution in [0.25, 0.3) is 6.08 Å². The molecule has 1 atom stereocenters. The van der Waals surface area contributed by atoms with E-state index in [0.29, 0.717) is 5.75 Å². The van der Waals surface area contributed by atoms with Gasteiger partial charge in [-0.15, -0.1) is 0 Å². The molecular weight excluding hydrogens is 372 g/mol. The molecule has 0 saturated heterocycles. The van der Waals surface area contributed by atoms with E-state index >= 15 is 0 Å². The number of phenols is 1. The maximum atomic E-state index is 10.3. The Bertz CT molecular complexity index is 802. The van der Waals surface area contributed by atoms with Crippen LogP contribution in [0.4, 0.5) is 11.4 Å². The summed E-state index contributed by atoms with van der Waals surface area (Å²) in [5.74, 6) is 1.19. The van der Waals surface area contributed by atoms with Gasteiger partial charge in [0.25, 0.3) is 0 Å². The molecule has 0 spiro atoms. The topological polar surface area (TPSA) is 58.1 Å². The minimum atomic E-state index is -0.00856. The van der Waals surface area contributed by atoms with Crippen molar-refractivity contribution in [3.05, 3.63) is 53.6 Å². The van der Waals surface area contributed by atoms with E-state index in [2.05, 4.69) is 49.6 Å². The Morgan fingerprint density at radius 1 is 1.10 bits per heavy atom. The molecule has 0 fully saturated rings. The van der Waals surface area contributed by atoms with Crippen molar-refractivity contribution in [1.29, 1.82) is 0 Å². The first-order valence-corrected chi connectivity index (χ1v) is 11.2. The van der Waals surface area contributed by atoms with Gasteiger partial charge in [0.1, 0.15) is 17.2 Å². The average Bonchev–Trinajstić information content (AvgIpc) is 2.77. The van der Waals surface area contributed by atoms with Crippen LogP contribution in [0.1, 0.15) is 65.5 Å². The number of anilines is 1. The molecule has 0 aliphatic carbocycles. The van der Waals surface area contributed by atoms with Crippen molar-refractivity contribution in [2.45, 2.75) is 59.8 Å². The molecule has 0 radical (unpaired) electrons. The van der Waals surface area contributed by atoms with Crippen LogP contribution in [0, 0.1) is 0 Å². The predicted octanol–water partition coefficient (Wildman–Crippen LogP) is 5.84. The van der Waals surface area contributed by atoms with Crippen molar-refractivity contribution in [3.63, 3.8) is 0 Å². The van der Waals surface area contributed by atoms with E-state index in [1.165, 1.54) is 11.3 Å². The standard InChI is InChI=1S/C24H34N2O2.C2H6/c1-6-24(4,21-17-20(28-5)13-14-22(21)26-8-3)15-9-10-18-11-12-19(25-7-2)16-23(18)27;1-2/h9-14,16-17,25-27H,6-8,15H2,1-5H3;1-2H3/p+1/b10-9+;. The zero-order valence-corrected chi connectivity index (χ0v) is 19.9. The van der Waals surface area contributed by atoms with Gasteiger partial charge in [-0.25, -0.2) is 0 Å². The van der Waals surface area contributed by atoms with Crippen molar-refractivity contribution in [1.82, 2.24) is 0 Å². The summed E-state index contributed by atoms with van der Waals surface area (Å²) in [5, 5.41) is 15.8. The maximum Gasteiger partial charge on any atom is 0.133 e. The number of hydrogen-bond donors (Lipinski definition) is 3. The minimum Gasteiger partial charge on any atom is -0.507 e. The first-order valence-electron chi connectivity index (χ1n) is 11.2. The van der Waals surface area contributed by atoms with Crippen LogP contribution in [-0.4, -0.2) is 25.3 Å². The molecule has 0 aromatic heterocycles. The molecule has 2 aromatic rings. The van der Waals surface area contributed by atoms with Crippen LogP contribution in [0.3, 0.4) is 0 Å². The van der Waals surface area contributed by atoms with Gasteiger partial charge >= 0.3 is 0 Å². The first-order chi connectivity index (χ1) is 14.5. The largest absolute Gasteiger partial charge is 0.507 e. The van der Waals surface area contributed by atoms with Gasteiger partial charge in [0.05, 0.1) is 13.7 Å². The van der Waals surface area contributed by atoms with E-state index in [1.807, 2.05) is 45.0 Å². The molecule has 0 bridgehead atoms. The van der Waals surface area contributed by atoms with Crippen LogP contribution in [0.5, 0.6) is 11.5 Å². The van der Waals surface area contributed by atoms with E-state index in [0.717, 1.165) is 42.9 Å². The molecule has 4 heteroatoms. The molecule has 0 amide bonds. The number of nitrogens with one attached hydrogen (secondary N) is 1. The van der Waals surface area contributed by atoms with Gasteiger partial charge in [-0.3, -0.25) is 0 Å². The molecule has 0 saturated carbocycles. The summed E-state index contributed by atoms with van der Waals surface area (Å²) in [7, 11) is 1.71. The van der Waals surface area contributed by atoms with Crippen LogP contribution < -0.4 is 15.4 Å². The van der Waals surface area contributed by atoms with Gasteiger partial charge in [0, 0.05) is 40.9 Å². The number of benzene rings is 2. The molecule has 4 nitrogen and oxygen atoms in total. The summed E-state index contributed by atoms with van der Waals surface area (Å²) >= 11 is 0. The third-order valence-electron chi connectivity index (χ3n) is 5.39. The number of rotatable bonds is 10. The van der Waals surface area contributed by atoms with E-state index in [4.69, 9.17) is 4.74 Å². The molecule has 0 aliphatic heterocycles. The second-order valence-corrected chi connectivity index (χ2v) is 7.39. The van der Waals surface area contributed by atoms with Crippen LogP contribution in [0.2, 0.25) is 0 Å². The fourth-order valence-electron chi connectivity index (χ4n) is 3.47. The third-order valence-corrected chi connectivity index (χ3v) is 5.39. The van der Waals surface area contributed by atoms with Crippen molar-refractivity contribution < 1.29 is 15.2 Å². The second kappa shape index (κ2) is 13.0. The Morgan fingerprint density at radius 3 is 2.40 bits per heavy atom. The predicted molar refractivity (Wildman–Crippen MR) is 130 cm³/mol. The number of hydrogen-bond acceptors (Lipinski definition) is 3. The molecule has 0 aliphatic rings. The molecule has 166 valence electrons. The Balaban J connectivity index is 0.00000218. The Kier molecular flexibility index (Phi) is 11.1. The Hall–Kier alpha value is -2.46. The van der Waals surface area contributed by atoms with E-state index in [9.17, 15) is 5.11 Å². The van der Waals surface area contributed by atoms with Gasteiger partial charge in [-0.1, -0.05) is 39.8 Å². The zero-order valence-electron chi connectivity index (χ0n) is 19.9. The lowest BCUT2D eigenvalue weighted by Crippen LogP contribution is -2.77. The van der Waals surface area contributed by atoms with Gasteiger partial charge in [-0.2, -0.15) is 0 Å². The zero-order chi connectivity index (χ0) is 22.6. The second-order valence-electron chi connectivity index (χ2n) is 7.39.